The summed E-state index contributed by atoms with van der Waals surface area (Å²) in [4.78, 5) is 0. The Labute approximate surface area is 113 Å². The van der Waals surface area contributed by atoms with Crippen molar-refractivity contribution >= 4 is 11.6 Å². The van der Waals surface area contributed by atoms with Crippen molar-refractivity contribution in [3.05, 3.63) is 34.6 Å². The molecule has 0 heterocycles. The Morgan fingerprint density at radius 2 is 2.00 bits per heavy atom. The SMILES string of the molecule is CC(NCCCCCCO)c1ccc(Cl)c(F)c1. The number of hydrogen-bond donors (Lipinski definition) is 2. The minimum atomic E-state index is -0.370. The summed E-state index contributed by atoms with van der Waals surface area (Å²) >= 11 is 5.64. The number of nitrogens with one attached hydrogen (secondary N) is 1. The third-order valence-corrected chi connectivity index (χ3v) is 3.29. The second-order valence-corrected chi connectivity index (χ2v) is 4.89. The second-order valence-electron chi connectivity index (χ2n) is 4.49. The Balaban J connectivity index is 2.27. The van der Waals surface area contributed by atoms with Gasteiger partial charge in [-0.25, -0.2) is 4.39 Å². The molecule has 0 aliphatic rings. The van der Waals surface area contributed by atoms with Crippen LogP contribution in [0.2, 0.25) is 5.02 Å². The van der Waals surface area contributed by atoms with Crippen LogP contribution in [0.15, 0.2) is 18.2 Å². The van der Waals surface area contributed by atoms with Crippen LogP contribution in [-0.2, 0) is 0 Å². The number of halogens is 2. The van der Waals surface area contributed by atoms with E-state index in [4.69, 9.17) is 16.7 Å². The Hall–Kier alpha value is -0.640. The molecule has 2 N–H and O–H groups in total. The molecule has 0 saturated heterocycles. The fourth-order valence-corrected chi connectivity index (χ4v) is 1.93. The molecule has 0 fully saturated rings. The first-order chi connectivity index (χ1) is 8.65. The molecule has 18 heavy (non-hydrogen) atoms. The lowest BCUT2D eigenvalue weighted by Crippen LogP contribution is -2.19. The van der Waals surface area contributed by atoms with Crippen molar-refractivity contribution in [3.63, 3.8) is 0 Å². The van der Waals surface area contributed by atoms with Crippen LogP contribution >= 0.6 is 11.6 Å². The van der Waals surface area contributed by atoms with E-state index in [1.807, 2.05) is 13.0 Å². The van der Waals surface area contributed by atoms with Gasteiger partial charge in [0.1, 0.15) is 5.82 Å². The molecular formula is C14H21ClFNO. The zero-order chi connectivity index (χ0) is 13.4. The van der Waals surface area contributed by atoms with E-state index in [2.05, 4.69) is 5.32 Å². The van der Waals surface area contributed by atoms with Crippen molar-refractivity contribution in [1.29, 1.82) is 0 Å². The molecular weight excluding hydrogens is 253 g/mol. The fraction of sp³-hybridized carbons (Fsp3) is 0.571. The molecule has 0 radical (unpaired) electrons. The van der Waals surface area contributed by atoms with Crippen molar-refractivity contribution in [2.75, 3.05) is 13.2 Å². The van der Waals surface area contributed by atoms with Gasteiger partial charge in [-0.1, -0.05) is 30.5 Å². The number of hydrogen-bond acceptors (Lipinski definition) is 2. The lowest BCUT2D eigenvalue weighted by molar-refractivity contribution is 0.282. The Morgan fingerprint density at radius 1 is 1.28 bits per heavy atom. The number of benzene rings is 1. The van der Waals surface area contributed by atoms with Crippen LogP contribution in [0.4, 0.5) is 4.39 Å². The van der Waals surface area contributed by atoms with Gasteiger partial charge in [0.05, 0.1) is 5.02 Å². The molecule has 4 heteroatoms. The minimum absolute atomic E-state index is 0.120. The number of aliphatic hydroxyl groups excluding tert-OH is 1. The van der Waals surface area contributed by atoms with E-state index in [0.29, 0.717) is 0 Å². The zero-order valence-corrected chi connectivity index (χ0v) is 11.5. The standard InChI is InChI=1S/C14H21ClFNO/c1-11(17-8-4-2-3-5-9-18)12-6-7-13(15)14(16)10-12/h6-7,10-11,17-18H,2-5,8-9H2,1H3. The van der Waals surface area contributed by atoms with Crippen LogP contribution in [0.3, 0.4) is 0 Å². The maximum Gasteiger partial charge on any atom is 0.142 e. The van der Waals surface area contributed by atoms with Crippen LogP contribution in [-0.4, -0.2) is 18.3 Å². The van der Waals surface area contributed by atoms with E-state index in [0.717, 1.165) is 37.8 Å². The summed E-state index contributed by atoms with van der Waals surface area (Å²) in [7, 11) is 0. The highest BCUT2D eigenvalue weighted by atomic mass is 35.5. The van der Waals surface area contributed by atoms with E-state index in [1.165, 1.54) is 6.07 Å². The molecule has 102 valence electrons. The molecule has 1 rings (SSSR count). The van der Waals surface area contributed by atoms with Gasteiger partial charge in [0.2, 0.25) is 0 Å². The average Bonchev–Trinajstić information content (AvgIpc) is 2.36. The topological polar surface area (TPSA) is 32.3 Å². The van der Waals surface area contributed by atoms with Crippen molar-refractivity contribution in [1.82, 2.24) is 5.32 Å². The van der Waals surface area contributed by atoms with E-state index >= 15 is 0 Å². The van der Waals surface area contributed by atoms with Crippen molar-refractivity contribution in [3.8, 4) is 0 Å². The van der Waals surface area contributed by atoms with Gasteiger partial charge in [-0.05, 0) is 44.0 Å². The molecule has 0 amide bonds. The minimum Gasteiger partial charge on any atom is -0.396 e. The monoisotopic (exact) mass is 273 g/mol. The Kier molecular flexibility index (Phi) is 7.25. The highest BCUT2D eigenvalue weighted by Crippen LogP contribution is 2.20. The van der Waals surface area contributed by atoms with Gasteiger partial charge in [0, 0.05) is 12.6 Å². The predicted octanol–water partition coefficient (Wildman–Crippen LogP) is 3.68. The van der Waals surface area contributed by atoms with Gasteiger partial charge in [0.15, 0.2) is 0 Å². The maximum absolute atomic E-state index is 13.3. The molecule has 0 saturated carbocycles. The zero-order valence-electron chi connectivity index (χ0n) is 10.8. The lowest BCUT2D eigenvalue weighted by atomic mass is 10.1. The first kappa shape index (κ1) is 15.4. The third-order valence-electron chi connectivity index (χ3n) is 2.98. The van der Waals surface area contributed by atoms with E-state index in [1.54, 1.807) is 6.07 Å². The van der Waals surface area contributed by atoms with Crippen LogP contribution in [0.5, 0.6) is 0 Å². The van der Waals surface area contributed by atoms with Gasteiger partial charge in [-0.3, -0.25) is 0 Å². The van der Waals surface area contributed by atoms with Crippen LogP contribution in [0.25, 0.3) is 0 Å². The molecule has 0 aliphatic heterocycles. The van der Waals surface area contributed by atoms with Gasteiger partial charge < -0.3 is 10.4 Å². The summed E-state index contributed by atoms with van der Waals surface area (Å²) in [6.45, 7) is 3.18. The predicted molar refractivity (Wildman–Crippen MR) is 73.4 cm³/mol. The Morgan fingerprint density at radius 3 is 2.67 bits per heavy atom. The van der Waals surface area contributed by atoms with Gasteiger partial charge >= 0.3 is 0 Å². The van der Waals surface area contributed by atoms with Crippen LogP contribution in [0.1, 0.15) is 44.2 Å². The maximum atomic E-state index is 13.3. The Bertz CT molecular complexity index is 360. The normalized spacial score (nSPS) is 12.7. The fourth-order valence-electron chi connectivity index (χ4n) is 1.81. The van der Waals surface area contributed by atoms with Crippen LogP contribution in [0, 0.1) is 5.82 Å². The van der Waals surface area contributed by atoms with E-state index < -0.39 is 0 Å². The molecule has 1 atom stereocenters. The first-order valence-corrected chi connectivity index (χ1v) is 6.82. The molecule has 2 nitrogen and oxygen atoms in total. The average molecular weight is 274 g/mol. The molecule has 0 aliphatic carbocycles. The number of rotatable bonds is 8. The summed E-state index contributed by atoms with van der Waals surface area (Å²) in [5.74, 6) is -0.370. The molecule has 0 aromatic heterocycles. The molecule has 1 aromatic rings. The number of aliphatic hydroxyl groups is 1. The summed E-state index contributed by atoms with van der Waals surface area (Å²) in [6.07, 6.45) is 4.11. The first-order valence-electron chi connectivity index (χ1n) is 6.44. The summed E-state index contributed by atoms with van der Waals surface area (Å²) in [5.41, 5.74) is 0.909. The molecule has 1 unspecified atom stereocenters. The second kappa shape index (κ2) is 8.46. The largest absolute Gasteiger partial charge is 0.396 e. The van der Waals surface area contributed by atoms with Gasteiger partial charge in [-0.2, -0.15) is 0 Å². The third kappa shape index (κ3) is 5.34. The molecule has 0 spiro atoms. The quantitative estimate of drug-likeness (QED) is 0.708. The summed E-state index contributed by atoms with van der Waals surface area (Å²) < 4.78 is 13.3. The van der Waals surface area contributed by atoms with Crippen molar-refractivity contribution < 1.29 is 9.50 Å². The smallest absolute Gasteiger partial charge is 0.142 e. The van der Waals surface area contributed by atoms with Crippen molar-refractivity contribution in [2.45, 2.75) is 38.6 Å². The molecule has 1 aromatic carbocycles. The van der Waals surface area contributed by atoms with E-state index in [-0.39, 0.29) is 23.5 Å². The highest BCUT2D eigenvalue weighted by Gasteiger charge is 2.07. The number of unbranched alkanes of at least 4 members (excludes halogenated alkanes) is 3. The summed E-state index contributed by atoms with van der Waals surface area (Å²) in [6, 6.07) is 5.03. The van der Waals surface area contributed by atoms with Gasteiger partial charge in [-0.15, -0.1) is 0 Å². The van der Waals surface area contributed by atoms with Crippen LogP contribution < -0.4 is 5.32 Å². The van der Waals surface area contributed by atoms with Crippen molar-refractivity contribution in [2.24, 2.45) is 0 Å². The van der Waals surface area contributed by atoms with E-state index in [9.17, 15) is 4.39 Å². The van der Waals surface area contributed by atoms with Gasteiger partial charge in [0.25, 0.3) is 0 Å². The molecule has 0 bridgehead atoms. The lowest BCUT2D eigenvalue weighted by Gasteiger charge is -2.14. The highest BCUT2D eigenvalue weighted by molar-refractivity contribution is 6.30. The summed E-state index contributed by atoms with van der Waals surface area (Å²) in [5, 5.41) is 12.2.